The Morgan fingerprint density at radius 1 is 1.06 bits per heavy atom. The van der Waals surface area contributed by atoms with E-state index in [0.29, 0.717) is 11.8 Å². The molecule has 0 aromatic heterocycles. The van der Waals surface area contributed by atoms with Gasteiger partial charge in [-0.05, 0) is 28.5 Å². The van der Waals surface area contributed by atoms with E-state index in [4.69, 9.17) is 27.9 Å². The minimum absolute atomic E-state index is 0.445. The molecular weight excluding hydrogens is 243 g/mol. The molecule has 2 aromatic rings. The first kappa shape index (κ1) is 11.6. The van der Waals surface area contributed by atoms with Gasteiger partial charge in [0.2, 0.25) is 0 Å². The highest BCUT2D eigenvalue weighted by atomic mass is 35.5. The maximum Gasteiger partial charge on any atom is 0.123 e. The molecule has 0 fully saturated rings. The molecule has 0 aliphatic rings. The molecule has 16 heavy (non-hydrogen) atoms. The molecule has 0 radical (unpaired) electrons. The lowest BCUT2D eigenvalue weighted by Crippen LogP contribution is -1.91. The highest BCUT2D eigenvalue weighted by Crippen LogP contribution is 2.30. The van der Waals surface area contributed by atoms with E-state index in [9.17, 15) is 0 Å². The van der Waals surface area contributed by atoms with Gasteiger partial charge in [0.1, 0.15) is 5.75 Å². The molecule has 3 heteroatoms. The van der Waals surface area contributed by atoms with E-state index in [0.717, 1.165) is 27.6 Å². The van der Waals surface area contributed by atoms with Gasteiger partial charge in [-0.2, -0.15) is 0 Å². The molecule has 0 aliphatic heterocycles. The molecule has 0 atom stereocenters. The summed E-state index contributed by atoms with van der Waals surface area (Å²) in [5, 5.41) is 2.28. The van der Waals surface area contributed by atoms with Crippen LogP contribution in [-0.4, -0.2) is 7.11 Å². The van der Waals surface area contributed by atoms with Crippen molar-refractivity contribution < 1.29 is 4.74 Å². The van der Waals surface area contributed by atoms with Crippen LogP contribution in [0.15, 0.2) is 30.3 Å². The first-order valence-electron chi connectivity index (χ1n) is 5.00. The summed E-state index contributed by atoms with van der Waals surface area (Å²) in [7, 11) is 1.66. The number of hydrogen-bond acceptors (Lipinski definition) is 1. The Labute approximate surface area is 105 Å². The summed E-state index contributed by atoms with van der Waals surface area (Å²) >= 11 is 11.8. The molecule has 0 aliphatic carbocycles. The lowest BCUT2D eigenvalue weighted by molar-refractivity contribution is 0.412. The van der Waals surface area contributed by atoms with Crippen LogP contribution in [0.2, 0.25) is 0 Å². The number of hydrogen-bond donors (Lipinski definition) is 0. The van der Waals surface area contributed by atoms with Crippen LogP contribution in [0, 0.1) is 0 Å². The Balaban J connectivity index is 2.69. The lowest BCUT2D eigenvalue weighted by Gasteiger charge is -2.10. The van der Waals surface area contributed by atoms with Crippen LogP contribution in [0.4, 0.5) is 0 Å². The number of methoxy groups -OCH3 is 1. The van der Waals surface area contributed by atoms with Crippen molar-refractivity contribution in [3.63, 3.8) is 0 Å². The number of fused-ring (bicyclic) bond motifs is 1. The average molecular weight is 255 g/mol. The number of ether oxygens (including phenoxy) is 1. The monoisotopic (exact) mass is 254 g/mol. The molecule has 2 aromatic carbocycles. The largest absolute Gasteiger partial charge is 0.496 e. The Hall–Kier alpha value is -0.920. The van der Waals surface area contributed by atoms with Crippen molar-refractivity contribution in [3.05, 3.63) is 41.5 Å². The third kappa shape index (κ3) is 1.98. The molecule has 0 bridgehead atoms. The second kappa shape index (κ2) is 4.94. The Kier molecular flexibility index (Phi) is 3.57. The molecule has 1 nitrogen and oxygen atoms in total. The molecule has 2 rings (SSSR count). The van der Waals surface area contributed by atoms with Gasteiger partial charge < -0.3 is 4.74 Å². The molecular formula is C13H12Cl2O. The topological polar surface area (TPSA) is 9.23 Å². The maximum atomic E-state index is 5.96. The molecule has 0 saturated heterocycles. The zero-order valence-corrected chi connectivity index (χ0v) is 10.5. The van der Waals surface area contributed by atoms with Gasteiger partial charge in [0.25, 0.3) is 0 Å². The van der Waals surface area contributed by atoms with E-state index < -0.39 is 0 Å². The second-order valence-electron chi connectivity index (χ2n) is 3.57. The molecule has 84 valence electrons. The first-order valence-corrected chi connectivity index (χ1v) is 6.07. The van der Waals surface area contributed by atoms with Gasteiger partial charge in [-0.3, -0.25) is 0 Å². The summed E-state index contributed by atoms with van der Waals surface area (Å²) in [4.78, 5) is 0. The third-order valence-electron chi connectivity index (χ3n) is 2.66. The summed E-state index contributed by atoms with van der Waals surface area (Å²) in [6.45, 7) is 0. The van der Waals surface area contributed by atoms with E-state index in [1.165, 1.54) is 0 Å². The number of rotatable bonds is 3. The predicted octanol–water partition coefficient (Wildman–Crippen LogP) is 4.33. The van der Waals surface area contributed by atoms with Gasteiger partial charge in [-0.1, -0.05) is 18.2 Å². The molecule has 0 unspecified atom stereocenters. The first-order chi connectivity index (χ1) is 7.80. The highest BCUT2D eigenvalue weighted by Gasteiger charge is 2.07. The summed E-state index contributed by atoms with van der Waals surface area (Å²) in [5.74, 6) is 1.81. The quantitative estimate of drug-likeness (QED) is 0.742. The highest BCUT2D eigenvalue weighted by molar-refractivity contribution is 6.18. The molecule has 0 heterocycles. The number of alkyl halides is 2. The summed E-state index contributed by atoms with van der Waals surface area (Å²) in [5.41, 5.74) is 2.14. The standard InChI is InChI=1S/C13H12Cl2O/c1-16-13-5-3-10-6-9(7-14)2-4-11(10)12(13)8-15/h2-6H,7-8H2,1H3. The van der Waals surface area contributed by atoms with Crippen LogP contribution < -0.4 is 4.74 Å². The van der Waals surface area contributed by atoms with Crippen LogP contribution in [0.25, 0.3) is 10.8 Å². The van der Waals surface area contributed by atoms with E-state index in [-0.39, 0.29) is 0 Å². The van der Waals surface area contributed by atoms with Crippen molar-refractivity contribution in [1.82, 2.24) is 0 Å². The zero-order chi connectivity index (χ0) is 11.5. The smallest absolute Gasteiger partial charge is 0.123 e. The van der Waals surface area contributed by atoms with Gasteiger partial charge in [0, 0.05) is 11.4 Å². The van der Waals surface area contributed by atoms with Crippen molar-refractivity contribution in [3.8, 4) is 5.75 Å². The van der Waals surface area contributed by atoms with Crippen molar-refractivity contribution in [2.45, 2.75) is 11.8 Å². The maximum absolute atomic E-state index is 5.96. The second-order valence-corrected chi connectivity index (χ2v) is 4.10. The van der Waals surface area contributed by atoms with Crippen LogP contribution in [0.5, 0.6) is 5.75 Å². The predicted molar refractivity (Wildman–Crippen MR) is 69.6 cm³/mol. The van der Waals surface area contributed by atoms with Crippen molar-refractivity contribution in [1.29, 1.82) is 0 Å². The number of halogens is 2. The molecule has 0 N–H and O–H groups in total. The molecule has 0 saturated carbocycles. The Morgan fingerprint density at radius 2 is 1.88 bits per heavy atom. The Morgan fingerprint density at radius 3 is 2.50 bits per heavy atom. The van der Waals surface area contributed by atoms with Gasteiger partial charge >= 0.3 is 0 Å². The minimum atomic E-state index is 0.445. The fourth-order valence-electron chi connectivity index (χ4n) is 1.84. The van der Waals surface area contributed by atoms with Gasteiger partial charge in [-0.25, -0.2) is 0 Å². The van der Waals surface area contributed by atoms with Crippen molar-refractivity contribution >= 4 is 34.0 Å². The van der Waals surface area contributed by atoms with E-state index >= 15 is 0 Å². The molecule has 0 amide bonds. The minimum Gasteiger partial charge on any atom is -0.496 e. The van der Waals surface area contributed by atoms with Gasteiger partial charge in [0.05, 0.1) is 13.0 Å². The number of benzene rings is 2. The van der Waals surface area contributed by atoms with E-state index in [2.05, 4.69) is 6.07 Å². The summed E-state index contributed by atoms with van der Waals surface area (Å²) in [6, 6.07) is 10.1. The average Bonchev–Trinajstić information content (AvgIpc) is 2.36. The third-order valence-corrected chi connectivity index (χ3v) is 3.24. The lowest BCUT2D eigenvalue weighted by atomic mass is 10.0. The Bertz CT molecular complexity index is 509. The van der Waals surface area contributed by atoms with Crippen LogP contribution in [0.3, 0.4) is 0 Å². The van der Waals surface area contributed by atoms with E-state index in [1.54, 1.807) is 7.11 Å². The van der Waals surface area contributed by atoms with Crippen molar-refractivity contribution in [2.75, 3.05) is 7.11 Å². The summed E-state index contributed by atoms with van der Waals surface area (Å²) < 4.78 is 5.29. The zero-order valence-electron chi connectivity index (χ0n) is 8.97. The normalized spacial score (nSPS) is 10.7. The van der Waals surface area contributed by atoms with Crippen LogP contribution in [0.1, 0.15) is 11.1 Å². The molecule has 0 spiro atoms. The van der Waals surface area contributed by atoms with Crippen molar-refractivity contribution in [2.24, 2.45) is 0 Å². The fourth-order valence-corrected chi connectivity index (χ4v) is 2.28. The fraction of sp³-hybridized carbons (Fsp3) is 0.231. The van der Waals surface area contributed by atoms with E-state index in [1.807, 2.05) is 24.3 Å². The SMILES string of the molecule is COc1ccc2cc(CCl)ccc2c1CCl. The van der Waals surface area contributed by atoms with Gasteiger partial charge in [0.15, 0.2) is 0 Å². The van der Waals surface area contributed by atoms with Crippen LogP contribution >= 0.6 is 23.2 Å². The summed E-state index contributed by atoms with van der Waals surface area (Å²) in [6.07, 6.45) is 0. The van der Waals surface area contributed by atoms with Gasteiger partial charge in [-0.15, -0.1) is 23.2 Å². The van der Waals surface area contributed by atoms with Crippen LogP contribution in [-0.2, 0) is 11.8 Å².